The summed E-state index contributed by atoms with van der Waals surface area (Å²) in [5.41, 5.74) is 2.22. The van der Waals surface area contributed by atoms with E-state index in [0.29, 0.717) is 6.42 Å². The molecule has 1 heterocycles. The Morgan fingerprint density at radius 2 is 1.93 bits per heavy atom. The minimum Gasteiger partial charge on any atom is -0.388 e. The maximum Gasteiger partial charge on any atom is 0.0838 e. The van der Waals surface area contributed by atoms with E-state index in [-0.39, 0.29) is 6.10 Å². The molecule has 1 N–H and O–H groups in total. The topological polar surface area (TPSA) is 20.2 Å². The SMILES string of the molecule is Cc1ccc(C(O)Cc2cccs2)cc1. The van der Waals surface area contributed by atoms with Gasteiger partial charge in [-0.15, -0.1) is 11.3 Å². The van der Waals surface area contributed by atoms with Gasteiger partial charge >= 0.3 is 0 Å². The van der Waals surface area contributed by atoms with Gasteiger partial charge < -0.3 is 5.11 Å². The second-order valence-electron chi connectivity index (χ2n) is 3.71. The third kappa shape index (κ3) is 2.67. The number of aliphatic hydroxyl groups is 1. The Morgan fingerprint density at radius 1 is 1.20 bits per heavy atom. The highest BCUT2D eigenvalue weighted by Crippen LogP contribution is 2.21. The van der Waals surface area contributed by atoms with Gasteiger partial charge in [0.15, 0.2) is 0 Å². The van der Waals surface area contributed by atoms with Crippen molar-refractivity contribution in [3.8, 4) is 0 Å². The number of thiophene rings is 1. The molecule has 2 heteroatoms. The predicted molar refractivity (Wildman–Crippen MR) is 64.2 cm³/mol. The van der Waals surface area contributed by atoms with Crippen LogP contribution in [0.5, 0.6) is 0 Å². The molecule has 1 aromatic heterocycles. The molecule has 1 aromatic carbocycles. The van der Waals surface area contributed by atoms with E-state index in [1.54, 1.807) is 11.3 Å². The molecule has 15 heavy (non-hydrogen) atoms. The molecule has 0 aliphatic rings. The molecule has 78 valence electrons. The summed E-state index contributed by atoms with van der Waals surface area (Å²) in [6.45, 7) is 2.05. The van der Waals surface area contributed by atoms with Crippen LogP contribution in [-0.4, -0.2) is 5.11 Å². The zero-order valence-corrected chi connectivity index (χ0v) is 9.50. The van der Waals surface area contributed by atoms with E-state index in [0.717, 1.165) is 5.56 Å². The summed E-state index contributed by atoms with van der Waals surface area (Å²) in [6.07, 6.45) is 0.324. The fourth-order valence-electron chi connectivity index (χ4n) is 1.53. The summed E-state index contributed by atoms with van der Waals surface area (Å²) in [5.74, 6) is 0. The van der Waals surface area contributed by atoms with Crippen molar-refractivity contribution in [2.75, 3.05) is 0 Å². The standard InChI is InChI=1S/C13H14OS/c1-10-4-6-11(7-5-10)13(14)9-12-3-2-8-15-12/h2-8,13-14H,9H2,1H3. The second-order valence-corrected chi connectivity index (χ2v) is 4.74. The molecule has 1 unspecified atom stereocenters. The van der Waals surface area contributed by atoms with Gasteiger partial charge in [0.05, 0.1) is 6.10 Å². The third-order valence-corrected chi connectivity index (χ3v) is 3.34. The fraction of sp³-hybridized carbons (Fsp3) is 0.231. The fourth-order valence-corrected chi connectivity index (χ4v) is 2.27. The van der Waals surface area contributed by atoms with Crippen LogP contribution in [0.3, 0.4) is 0 Å². The maximum absolute atomic E-state index is 9.99. The lowest BCUT2D eigenvalue weighted by molar-refractivity contribution is 0.179. The molecule has 0 aliphatic carbocycles. The predicted octanol–water partition coefficient (Wildman–Crippen LogP) is 3.33. The first-order valence-corrected chi connectivity index (χ1v) is 5.90. The van der Waals surface area contributed by atoms with Crippen molar-refractivity contribution in [3.63, 3.8) is 0 Å². The maximum atomic E-state index is 9.99. The van der Waals surface area contributed by atoms with Crippen molar-refractivity contribution in [1.29, 1.82) is 0 Å². The van der Waals surface area contributed by atoms with Crippen LogP contribution in [0, 0.1) is 6.92 Å². The van der Waals surface area contributed by atoms with Crippen LogP contribution in [0.15, 0.2) is 41.8 Å². The molecule has 0 bridgehead atoms. The van der Waals surface area contributed by atoms with Crippen LogP contribution in [-0.2, 0) is 6.42 Å². The highest BCUT2D eigenvalue weighted by molar-refractivity contribution is 7.09. The number of aliphatic hydroxyl groups excluding tert-OH is 1. The average Bonchev–Trinajstić information content (AvgIpc) is 2.71. The molecular weight excluding hydrogens is 204 g/mol. The molecule has 0 saturated carbocycles. The third-order valence-electron chi connectivity index (χ3n) is 2.44. The summed E-state index contributed by atoms with van der Waals surface area (Å²) in [6, 6.07) is 12.1. The first kappa shape index (κ1) is 10.4. The van der Waals surface area contributed by atoms with Crippen LogP contribution >= 0.6 is 11.3 Å². The summed E-state index contributed by atoms with van der Waals surface area (Å²) in [5, 5.41) is 12.0. The second kappa shape index (κ2) is 4.60. The molecule has 0 spiro atoms. The minimum atomic E-state index is -0.385. The van der Waals surface area contributed by atoms with E-state index in [1.165, 1.54) is 10.4 Å². The largest absolute Gasteiger partial charge is 0.388 e. The number of benzene rings is 1. The van der Waals surface area contributed by atoms with E-state index >= 15 is 0 Å². The molecule has 2 aromatic rings. The summed E-state index contributed by atoms with van der Waals surface area (Å²) in [7, 11) is 0. The quantitative estimate of drug-likeness (QED) is 0.837. The molecule has 0 aliphatic heterocycles. The van der Waals surface area contributed by atoms with Crippen LogP contribution in [0.4, 0.5) is 0 Å². The van der Waals surface area contributed by atoms with Crippen LogP contribution in [0.2, 0.25) is 0 Å². The van der Waals surface area contributed by atoms with Gasteiger partial charge in [-0.1, -0.05) is 35.9 Å². The first-order chi connectivity index (χ1) is 7.25. The van der Waals surface area contributed by atoms with Crippen molar-refractivity contribution in [1.82, 2.24) is 0 Å². The number of aryl methyl sites for hydroxylation is 1. The van der Waals surface area contributed by atoms with E-state index in [1.807, 2.05) is 35.7 Å². The Bertz CT molecular complexity index is 403. The van der Waals surface area contributed by atoms with E-state index in [2.05, 4.69) is 13.0 Å². The van der Waals surface area contributed by atoms with Gasteiger partial charge in [-0.25, -0.2) is 0 Å². The lowest BCUT2D eigenvalue weighted by atomic mass is 10.0. The first-order valence-electron chi connectivity index (χ1n) is 5.03. The molecule has 0 amide bonds. The molecule has 2 rings (SSSR count). The van der Waals surface area contributed by atoms with Gasteiger partial charge in [0.1, 0.15) is 0 Å². The van der Waals surface area contributed by atoms with Crippen molar-refractivity contribution in [3.05, 3.63) is 57.8 Å². The summed E-state index contributed by atoms with van der Waals surface area (Å²) >= 11 is 1.69. The Kier molecular flexibility index (Phi) is 3.19. The molecule has 1 atom stereocenters. The highest BCUT2D eigenvalue weighted by Gasteiger charge is 2.08. The van der Waals surface area contributed by atoms with Crippen molar-refractivity contribution in [2.45, 2.75) is 19.4 Å². The van der Waals surface area contributed by atoms with Crippen LogP contribution < -0.4 is 0 Å². The van der Waals surface area contributed by atoms with Gasteiger partial charge in [0.25, 0.3) is 0 Å². The van der Waals surface area contributed by atoms with Gasteiger partial charge in [-0.2, -0.15) is 0 Å². The molecule has 0 radical (unpaired) electrons. The molecule has 1 nitrogen and oxygen atoms in total. The van der Waals surface area contributed by atoms with Gasteiger partial charge in [-0.05, 0) is 23.9 Å². The molecule has 0 fully saturated rings. The Labute approximate surface area is 94.0 Å². The van der Waals surface area contributed by atoms with Crippen molar-refractivity contribution in [2.24, 2.45) is 0 Å². The van der Waals surface area contributed by atoms with E-state index in [9.17, 15) is 5.11 Å². The van der Waals surface area contributed by atoms with Gasteiger partial charge in [0, 0.05) is 11.3 Å². The van der Waals surface area contributed by atoms with Crippen molar-refractivity contribution >= 4 is 11.3 Å². The smallest absolute Gasteiger partial charge is 0.0838 e. The summed E-state index contributed by atoms with van der Waals surface area (Å²) in [4.78, 5) is 1.23. The molecular formula is C13H14OS. The monoisotopic (exact) mass is 218 g/mol. The van der Waals surface area contributed by atoms with Gasteiger partial charge in [-0.3, -0.25) is 0 Å². The normalized spacial score (nSPS) is 12.7. The van der Waals surface area contributed by atoms with Crippen LogP contribution in [0.1, 0.15) is 22.1 Å². The zero-order chi connectivity index (χ0) is 10.7. The van der Waals surface area contributed by atoms with E-state index < -0.39 is 0 Å². The average molecular weight is 218 g/mol. The Morgan fingerprint density at radius 3 is 2.53 bits per heavy atom. The van der Waals surface area contributed by atoms with Crippen LogP contribution in [0.25, 0.3) is 0 Å². The number of rotatable bonds is 3. The summed E-state index contributed by atoms with van der Waals surface area (Å²) < 4.78 is 0. The Hall–Kier alpha value is -1.12. The van der Waals surface area contributed by atoms with Crippen molar-refractivity contribution < 1.29 is 5.11 Å². The van der Waals surface area contributed by atoms with E-state index in [4.69, 9.17) is 0 Å². The minimum absolute atomic E-state index is 0.385. The zero-order valence-electron chi connectivity index (χ0n) is 8.68. The number of hydrogen-bond donors (Lipinski definition) is 1. The molecule has 0 saturated heterocycles. The number of hydrogen-bond acceptors (Lipinski definition) is 2. The lowest BCUT2D eigenvalue weighted by Crippen LogP contribution is -2.00. The lowest BCUT2D eigenvalue weighted by Gasteiger charge is -2.09. The highest BCUT2D eigenvalue weighted by atomic mass is 32.1. The Balaban J connectivity index is 2.08. The van der Waals surface area contributed by atoms with Gasteiger partial charge in [0.2, 0.25) is 0 Å².